The molecular weight excluding hydrogens is 358 g/mol. The molecule has 0 spiro atoms. The molecule has 88 valence electrons. The SMILES string of the molecule is Cc1cc2c(cc(C)c3[se]nnc32)c2nn[se]c12. The molecule has 0 N–H and O–H groups in total. The summed E-state index contributed by atoms with van der Waals surface area (Å²) in [7, 11) is 0. The van der Waals surface area contributed by atoms with Gasteiger partial charge in [-0.25, -0.2) is 0 Å². The van der Waals surface area contributed by atoms with Gasteiger partial charge in [0.25, 0.3) is 0 Å². The Morgan fingerprint density at radius 3 is 1.67 bits per heavy atom. The molecule has 0 unspecified atom stereocenters. The Hall–Kier alpha value is -1.06. The topological polar surface area (TPSA) is 51.6 Å². The molecule has 0 aliphatic carbocycles. The first kappa shape index (κ1) is 10.8. The van der Waals surface area contributed by atoms with Gasteiger partial charge >= 0.3 is 115 Å². The first-order chi connectivity index (χ1) is 8.75. The molecule has 0 aliphatic heterocycles. The maximum absolute atomic E-state index is 4.34. The Balaban J connectivity index is 2.40. The van der Waals surface area contributed by atoms with Crippen molar-refractivity contribution in [1.82, 2.24) is 18.4 Å². The van der Waals surface area contributed by atoms with E-state index in [0.717, 1.165) is 11.0 Å². The number of fused-ring (bicyclic) bond motifs is 5. The van der Waals surface area contributed by atoms with Crippen LogP contribution < -0.4 is 0 Å². The summed E-state index contributed by atoms with van der Waals surface area (Å²) in [5.41, 5.74) is 4.68. The van der Waals surface area contributed by atoms with Gasteiger partial charge in [0.15, 0.2) is 0 Å². The number of aromatic nitrogens is 4. The van der Waals surface area contributed by atoms with E-state index in [1.807, 2.05) is 0 Å². The van der Waals surface area contributed by atoms with Crippen LogP contribution in [0.4, 0.5) is 0 Å². The van der Waals surface area contributed by atoms with Gasteiger partial charge in [-0.05, 0) is 0 Å². The minimum atomic E-state index is 0.145. The predicted octanol–water partition coefficient (Wildman–Crippen LogP) is 1.46. The first-order valence-electron chi connectivity index (χ1n) is 5.53. The van der Waals surface area contributed by atoms with Crippen molar-refractivity contribution in [3.63, 3.8) is 0 Å². The number of rotatable bonds is 0. The zero-order valence-electron chi connectivity index (χ0n) is 9.76. The van der Waals surface area contributed by atoms with Crippen LogP contribution in [0.3, 0.4) is 0 Å². The van der Waals surface area contributed by atoms with Crippen LogP contribution in [0.5, 0.6) is 0 Å². The normalized spacial score (nSPS) is 11.9. The van der Waals surface area contributed by atoms with Gasteiger partial charge in [-0.1, -0.05) is 0 Å². The van der Waals surface area contributed by atoms with Crippen molar-refractivity contribution < 1.29 is 0 Å². The number of aryl methyl sites for hydroxylation is 2. The average molecular weight is 366 g/mol. The molecule has 18 heavy (non-hydrogen) atoms. The van der Waals surface area contributed by atoms with Crippen molar-refractivity contribution in [2.24, 2.45) is 0 Å². The van der Waals surface area contributed by atoms with E-state index in [1.54, 1.807) is 0 Å². The molecule has 4 rings (SSSR count). The summed E-state index contributed by atoms with van der Waals surface area (Å²) in [4.78, 5) is 0. The van der Waals surface area contributed by atoms with Gasteiger partial charge in [0.05, 0.1) is 0 Å². The van der Waals surface area contributed by atoms with Gasteiger partial charge < -0.3 is 0 Å². The van der Waals surface area contributed by atoms with Crippen molar-refractivity contribution in [2.45, 2.75) is 13.8 Å². The molecule has 0 saturated heterocycles. The van der Waals surface area contributed by atoms with E-state index in [2.05, 4.69) is 44.4 Å². The monoisotopic (exact) mass is 368 g/mol. The molecular formula is C12H8N4Se2. The summed E-state index contributed by atoms with van der Waals surface area (Å²) in [6.07, 6.45) is 0. The van der Waals surface area contributed by atoms with Crippen LogP contribution in [0.1, 0.15) is 11.1 Å². The molecule has 2 aromatic carbocycles. The van der Waals surface area contributed by atoms with E-state index in [4.69, 9.17) is 0 Å². The van der Waals surface area contributed by atoms with Crippen LogP contribution in [0.2, 0.25) is 0 Å². The number of nitrogens with zero attached hydrogens (tertiary/aromatic N) is 4. The fourth-order valence-electron chi connectivity index (χ4n) is 2.36. The van der Waals surface area contributed by atoms with Crippen molar-refractivity contribution in [3.8, 4) is 0 Å². The van der Waals surface area contributed by atoms with E-state index < -0.39 is 0 Å². The molecule has 0 aliphatic rings. The van der Waals surface area contributed by atoms with Gasteiger partial charge in [-0.15, -0.1) is 0 Å². The Morgan fingerprint density at radius 2 is 1.22 bits per heavy atom. The third kappa shape index (κ3) is 1.32. The number of benzene rings is 2. The molecule has 0 amide bonds. The van der Waals surface area contributed by atoms with Crippen LogP contribution in [-0.4, -0.2) is 47.9 Å². The molecule has 2 aromatic heterocycles. The van der Waals surface area contributed by atoms with Crippen LogP contribution in [0.25, 0.3) is 30.3 Å². The van der Waals surface area contributed by atoms with E-state index in [-0.39, 0.29) is 29.5 Å². The van der Waals surface area contributed by atoms with E-state index in [9.17, 15) is 0 Å². The third-order valence-corrected chi connectivity index (χ3v) is 6.83. The van der Waals surface area contributed by atoms with Crippen LogP contribution >= 0.6 is 0 Å². The average Bonchev–Trinajstić information content (AvgIpc) is 2.98. The number of hydrogen-bond donors (Lipinski definition) is 0. The van der Waals surface area contributed by atoms with E-state index >= 15 is 0 Å². The van der Waals surface area contributed by atoms with Crippen molar-refractivity contribution in [3.05, 3.63) is 23.3 Å². The molecule has 6 heteroatoms. The molecule has 2 heterocycles. The molecule has 0 saturated carbocycles. The van der Waals surface area contributed by atoms with Gasteiger partial charge in [-0.2, -0.15) is 0 Å². The van der Waals surface area contributed by atoms with E-state index in [0.29, 0.717) is 0 Å². The summed E-state index contributed by atoms with van der Waals surface area (Å²) in [5, 5.41) is 11.1. The molecule has 0 fully saturated rings. The molecule has 4 aromatic rings. The van der Waals surface area contributed by atoms with Gasteiger partial charge in [0.2, 0.25) is 0 Å². The second-order valence-electron chi connectivity index (χ2n) is 4.38. The van der Waals surface area contributed by atoms with Crippen molar-refractivity contribution in [1.29, 1.82) is 0 Å². The Labute approximate surface area is 115 Å². The summed E-state index contributed by atoms with van der Waals surface area (Å²) in [6.45, 7) is 4.28. The molecule has 0 atom stereocenters. The van der Waals surface area contributed by atoms with Crippen LogP contribution in [0.15, 0.2) is 12.1 Å². The molecule has 0 bridgehead atoms. The fourth-order valence-corrected chi connectivity index (χ4v) is 5.07. The number of hydrogen-bond acceptors (Lipinski definition) is 4. The molecule has 0 radical (unpaired) electrons. The first-order valence-corrected chi connectivity index (χ1v) is 8.77. The van der Waals surface area contributed by atoms with Crippen molar-refractivity contribution >= 4 is 59.8 Å². The quantitative estimate of drug-likeness (QED) is 0.442. The fraction of sp³-hybridized carbons (Fsp3) is 0.167. The summed E-state index contributed by atoms with van der Waals surface area (Å²) in [5.74, 6) is 0. The Bertz CT molecular complexity index is 831. The second kappa shape index (κ2) is 3.72. The van der Waals surface area contributed by atoms with Gasteiger partial charge in [0.1, 0.15) is 0 Å². The maximum atomic E-state index is 4.34. The summed E-state index contributed by atoms with van der Waals surface area (Å²) < 4.78 is 11.1. The Kier molecular flexibility index (Phi) is 2.23. The third-order valence-electron chi connectivity index (χ3n) is 3.21. The summed E-state index contributed by atoms with van der Waals surface area (Å²) >= 11 is 0.290. The van der Waals surface area contributed by atoms with Gasteiger partial charge in [-0.3, -0.25) is 0 Å². The van der Waals surface area contributed by atoms with Crippen LogP contribution in [-0.2, 0) is 0 Å². The zero-order chi connectivity index (χ0) is 12.3. The van der Waals surface area contributed by atoms with Gasteiger partial charge in [0, 0.05) is 0 Å². The molecule has 4 nitrogen and oxygen atoms in total. The predicted molar refractivity (Wildman–Crippen MR) is 73.5 cm³/mol. The minimum absolute atomic E-state index is 0.145. The van der Waals surface area contributed by atoms with Crippen molar-refractivity contribution in [2.75, 3.05) is 0 Å². The zero-order valence-corrected chi connectivity index (χ0v) is 13.2. The Morgan fingerprint density at radius 1 is 0.778 bits per heavy atom. The second-order valence-corrected chi connectivity index (χ2v) is 7.55. The standard InChI is InChI=1S/C12H8N4Se2/c1-5-3-7-8(9-11(5)17-15-13-9)4-6(2)12-10(7)14-16-18-12/h3-4H,1-2H3. The van der Waals surface area contributed by atoms with E-state index in [1.165, 1.54) is 30.4 Å². The van der Waals surface area contributed by atoms with Crippen LogP contribution in [0, 0.1) is 13.8 Å². The summed E-state index contributed by atoms with van der Waals surface area (Å²) in [6, 6.07) is 4.45.